The maximum Gasteiger partial charge on any atom is 0.240 e. The Bertz CT molecular complexity index is 554. The Morgan fingerprint density at radius 1 is 1.00 bits per heavy atom. The highest BCUT2D eigenvalue weighted by Gasteiger charge is 2.77. The highest BCUT2D eigenvalue weighted by molar-refractivity contribution is 14.1. The molecule has 1 aromatic rings. The first-order valence-corrected chi connectivity index (χ1v) is 7.80. The molecule has 2 aliphatic rings. The molecule has 1 aliphatic heterocycles. The third-order valence-electron chi connectivity index (χ3n) is 4.26. The average Bonchev–Trinajstić information content (AvgIpc) is 2.78. The molecule has 0 bridgehead atoms. The second-order valence-corrected chi connectivity index (χ2v) is 7.91. The van der Waals surface area contributed by atoms with Crippen molar-refractivity contribution in [3.63, 3.8) is 0 Å². The Morgan fingerprint density at radius 3 is 1.89 bits per heavy atom. The summed E-state index contributed by atoms with van der Waals surface area (Å²) in [7, 11) is 0. The summed E-state index contributed by atoms with van der Waals surface area (Å²) in [5, 5.41) is 0. The third-order valence-corrected chi connectivity index (χ3v) is 5.50. The molecule has 1 saturated heterocycles. The van der Waals surface area contributed by atoms with Crippen LogP contribution in [0, 0.1) is 18.0 Å². The molecule has 0 radical (unpaired) electrons. The molecule has 3 rings (SSSR count). The molecule has 0 spiro atoms. The molecule has 1 aromatic carbocycles. The minimum Gasteiger partial charge on any atom is -0.273 e. The predicted octanol–water partition coefficient (Wildman–Crippen LogP) is 3.19. The number of hydrogen-bond donors (Lipinski definition) is 0. The van der Waals surface area contributed by atoms with Gasteiger partial charge in [0.15, 0.2) is 0 Å². The number of carbonyl (C=O) groups excluding carboxylic acids is 2. The number of hydrogen-bond acceptors (Lipinski definition) is 2. The van der Waals surface area contributed by atoms with Gasteiger partial charge < -0.3 is 0 Å². The molecule has 1 aliphatic carbocycles. The molecule has 1 heterocycles. The number of carbonyl (C=O) groups is 2. The number of amides is 2. The van der Waals surface area contributed by atoms with Gasteiger partial charge in [-0.05, 0) is 83.6 Å². The molecule has 1 saturated carbocycles. The SMILES string of the molecule is CC12CC1(C)C(=O)N(c1cc(I)cc(I)c1)C2=O. The van der Waals surface area contributed by atoms with E-state index in [4.69, 9.17) is 0 Å². The smallest absolute Gasteiger partial charge is 0.240 e. The van der Waals surface area contributed by atoms with Crippen molar-refractivity contribution >= 4 is 62.7 Å². The monoisotopic (exact) mass is 467 g/mol. The molecule has 2 amide bonds. The summed E-state index contributed by atoms with van der Waals surface area (Å²) in [5.41, 5.74) is -0.246. The second kappa shape index (κ2) is 3.68. The van der Waals surface area contributed by atoms with Crippen molar-refractivity contribution in [2.24, 2.45) is 10.8 Å². The van der Waals surface area contributed by atoms with Crippen molar-refractivity contribution in [1.82, 2.24) is 0 Å². The Kier molecular flexibility index (Phi) is 2.62. The maximum absolute atomic E-state index is 12.4. The van der Waals surface area contributed by atoms with Gasteiger partial charge in [-0.2, -0.15) is 0 Å². The first-order chi connectivity index (χ1) is 8.29. The molecule has 0 aromatic heterocycles. The van der Waals surface area contributed by atoms with Crippen LogP contribution in [-0.2, 0) is 9.59 Å². The van der Waals surface area contributed by atoms with Crippen LogP contribution in [0.3, 0.4) is 0 Å². The number of nitrogens with zero attached hydrogens (tertiary/aromatic N) is 1. The molecular formula is C13H11I2NO2. The van der Waals surface area contributed by atoms with Crippen LogP contribution in [0.15, 0.2) is 18.2 Å². The van der Waals surface area contributed by atoms with E-state index in [1.165, 1.54) is 4.90 Å². The molecule has 18 heavy (non-hydrogen) atoms. The Morgan fingerprint density at radius 2 is 1.44 bits per heavy atom. The zero-order valence-electron chi connectivity index (χ0n) is 9.96. The highest BCUT2D eigenvalue weighted by Crippen LogP contribution is 2.69. The fraction of sp³-hybridized carbons (Fsp3) is 0.385. The highest BCUT2D eigenvalue weighted by atomic mass is 127. The standard InChI is InChI=1S/C13H11I2NO2/c1-12-6-13(12,2)11(18)16(10(12)17)9-4-7(14)3-8(15)5-9/h3-5H,6H2,1-2H3. The van der Waals surface area contributed by atoms with Gasteiger partial charge in [0.2, 0.25) is 11.8 Å². The lowest BCUT2D eigenvalue weighted by atomic mass is 10.00. The van der Waals surface area contributed by atoms with Crippen LogP contribution in [0.1, 0.15) is 20.3 Å². The number of benzene rings is 1. The van der Waals surface area contributed by atoms with Gasteiger partial charge in [0, 0.05) is 7.14 Å². The van der Waals surface area contributed by atoms with Crippen LogP contribution < -0.4 is 4.90 Å². The van der Waals surface area contributed by atoms with Crippen LogP contribution in [0.4, 0.5) is 5.69 Å². The van der Waals surface area contributed by atoms with Gasteiger partial charge in [-0.25, -0.2) is 4.90 Å². The molecule has 2 unspecified atom stereocenters. The Labute approximate surface area is 133 Å². The summed E-state index contributed by atoms with van der Waals surface area (Å²) in [6.45, 7) is 3.79. The van der Waals surface area contributed by atoms with Gasteiger partial charge in [-0.1, -0.05) is 0 Å². The van der Waals surface area contributed by atoms with Crippen molar-refractivity contribution in [1.29, 1.82) is 0 Å². The first-order valence-electron chi connectivity index (χ1n) is 5.65. The zero-order valence-corrected chi connectivity index (χ0v) is 14.3. The molecule has 0 N–H and O–H groups in total. The number of halogens is 2. The second-order valence-electron chi connectivity index (χ2n) is 5.41. The lowest BCUT2D eigenvalue weighted by molar-refractivity contribution is -0.125. The zero-order chi connectivity index (χ0) is 13.3. The summed E-state index contributed by atoms with van der Waals surface area (Å²) < 4.78 is 2.07. The number of piperidine rings is 1. The van der Waals surface area contributed by atoms with Gasteiger partial charge in [0.05, 0.1) is 16.5 Å². The summed E-state index contributed by atoms with van der Waals surface area (Å²) in [5.74, 6) is -0.0967. The van der Waals surface area contributed by atoms with Crippen LogP contribution in [0.5, 0.6) is 0 Å². The van der Waals surface area contributed by atoms with Crippen LogP contribution in [0.2, 0.25) is 0 Å². The lowest BCUT2D eigenvalue weighted by Gasteiger charge is -2.19. The van der Waals surface area contributed by atoms with Crippen LogP contribution >= 0.6 is 45.2 Å². The molecule has 94 valence electrons. The molecular weight excluding hydrogens is 456 g/mol. The van der Waals surface area contributed by atoms with Crippen molar-refractivity contribution in [3.8, 4) is 0 Å². The minimum atomic E-state index is -0.475. The summed E-state index contributed by atoms with van der Waals surface area (Å²) in [4.78, 5) is 26.2. The van der Waals surface area contributed by atoms with Gasteiger partial charge >= 0.3 is 0 Å². The van der Waals surface area contributed by atoms with Crippen molar-refractivity contribution < 1.29 is 9.59 Å². The minimum absolute atomic E-state index is 0.0483. The number of fused-ring (bicyclic) bond motifs is 1. The van der Waals surface area contributed by atoms with E-state index in [0.29, 0.717) is 12.1 Å². The van der Waals surface area contributed by atoms with E-state index in [-0.39, 0.29) is 11.8 Å². The Hall–Kier alpha value is -0.180. The summed E-state index contributed by atoms with van der Waals surface area (Å²) >= 11 is 4.40. The quantitative estimate of drug-likeness (QED) is 0.471. The van der Waals surface area contributed by atoms with E-state index < -0.39 is 10.8 Å². The Balaban J connectivity index is 2.09. The number of imide groups is 1. The average molecular weight is 467 g/mol. The van der Waals surface area contributed by atoms with E-state index in [9.17, 15) is 9.59 Å². The predicted molar refractivity (Wildman–Crippen MR) is 85.2 cm³/mol. The summed E-state index contributed by atoms with van der Waals surface area (Å²) in [6.07, 6.45) is 0.690. The van der Waals surface area contributed by atoms with E-state index >= 15 is 0 Å². The molecule has 5 heteroatoms. The van der Waals surface area contributed by atoms with Gasteiger partial charge in [0.25, 0.3) is 0 Å². The molecule has 2 atom stereocenters. The van der Waals surface area contributed by atoms with E-state index in [1.807, 2.05) is 32.0 Å². The van der Waals surface area contributed by atoms with Gasteiger partial charge in [-0.15, -0.1) is 0 Å². The topological polar surface area (TPSA) is 37.4 Å². The van der Waals surface area contributed by atoms with Crippen LogP contribution in [-0.4, -0.2) is 11.8 Å². The third kappa shape index (κ3) is 1.46. The van der Waals surface area contributed by atoms with Crippen molar-refractivity contribution in [2.45, 2.75) is 20.3 Å². The number of rotatable bonds is 1. The van der Waals surface area contributed by atoms with Crippen molar-refractivity contribution in [2.75, 3.05) is 4.90 Å². The van der Waals surface area contributed by atoms with Crippen LogP contribution in [0.25, 0.3) is 0 Å². The van der Waals surface area contributed by atoms with Crippen molar-refractivity contribution in [3.05, 3.63) is 25.3 Å². The first kappa shape index (κ1) is 12.8. The molecule has 2 fully saturated rings. The maximum atomic E-state index is 12.4. The number of anilines is 1. The van der Waals surface area contributed by atoms with E-state index in [2.05, 4.69) is 45.2 Å². The van der Waals surface area contributed by atoms with E-state index in [1.54, 1.807) is 0 Å². The summed E-state index contributed by atoms with van der Waals surface area (Å²) in [6, 6.07) is 5.78. The molecule has 3 nitrogen and oxygen atoms in total. The largest absolute Gasteiger partial charge is 0.273 e. The fourth-order valence-corrected chi connectivity index (χ4v) is 4.68. The van der Waals surface area contributed by atoms with E-state index in [0.717, 1.165) is 7.14 Å². The van der Waals surface area contributed by atoms with Gasteiger partial charge in [-0.3, -0.25) is 9.59 Å². The lowest BCUT2D eigenvalue weighted by Crippen LogP contribution is -2.35. The fourth-order valence-electron chi connectivity index (χ4n) is 2.77. The van der Waals surface area contributed by atoms with Gasteiger partial charge in [0.1, 0.15) is 0 Å². The normalized spacial score (nSPS) is 33.9.